The zero-order chi connectivity index (χ0) is 30.5. The molecule has 0 saturated heterocycles. The predicted molar refractivity (Wildman–Crippen MR) is 169 cm³/mol. The molecule has 0 fully saturated rings. The van der Waals surface area contributed by atoms with E-state index in [1.54, 1.807) is 23.9 Å². The summed E-state index contributed by atoms with van der Waals surface area (Å²) in [6.07, 6.45) is 5.06. The minimum Gasteiger partial charge on any atom is -0.392 e. The summed E-state index contributed by atoms with van der Waals surface area (Å²) in [5.41, 5.74) is 8.56. The van der Waals surface area contributed by atoms with Crippen molar-refractivity contribution >= 4 is 34.2 Å². The van der Waals surface area contributed by atoms with Crippen LogP contribution in [0.3, 0.4) is 0 Å². The monoisotopic (exact) mass is 578 g/mol. The molecule has 9 heteroatoms. The second-order valence-electron chi connectivity index (χ2n) is 12.6. The van der Waals surface area contributed by atoms with Crippen molar-refractivity contribution < 1.29 is 14.7 Å². The number of urea groups is 1. The third-order valence-electron chi connectivity index (χ3n) is 8.54. The Morgan fingerprint density at radius 3 is 2.56 bits per heavy atom. The Morgan fingerprint density at radius 2 is 1.86 bits per heavy atom. The summed E-state index contributed by atoms with van der Waals surface area (Å²) >= 11 is 0. The van der Waals surface area contributed by atoms with Crippen LogP contribution in [0.25, 0.3) is 27.9 Å². The van der Waals surface area contributed by atoms with Gasteiger partial charge < -0.3 is 24.8 Å². The summed E-state index contributed by atoms with van der Waals surface area (Å²) in [4.78, 5) is 43.9. The summed E-state index contributed by atoms with van der Waals surface area (Å²) < 4.78 is 0. The lowest BCUT2D eigenvalue weighted by atomic mass is 9.84. The van der Waals surface area contributed by atoms with E-state index in [2.05, 4.69) is 47.9 Å². The van der Waals surface area contributed by atoms with Gasteiger partial charge in [0.25, 0.3) is 5.91 Å². The van der Waals surface area contributed by atoms with E-state index in [4.69, 9.17) is 0 Å². The summed E-state index contributed by atoms with van der Waals surface area (Å²) in [7, 11) is 3.52. The molecule has 2 aromatic carbocycles. The molecule has 0 spiro atoms. The topological polar surface area (TPSA) is 106 Å². The third kappa shape index (κ3) is 5.18. The second kappa shape index (κ2) is 11.0. The van der Waals surface area contributed by atoms with Crippen molar-refractivity contribution in [1.29, 1.82) is 0 Å². The van der Waals surface area contributed by atoms with Crippen molar-refractivity contribution in [2.45, 2.75) is 45.6 Å². The standard InChI is InChI=1S/C34H38N6O3/c1-34(2,3)23-9-10-24-22(17-23)13-16-40(32(24)42)29-8-6-7-25(27(29)19-41)30-26-18-28(37-31(26)36-20-35-30)21-11-14-39(15-12-21)33(43)38(4)5/h6-11,17-18,20,41H,12-16,19H2,1-5H3,(H,35,36,37). The summed E-state index contributed by atoms with van der Waals surface area (Å²) in [6, 6.07) is 13.9. The second-order valence-corrected chi connectivity index (χ2v) is 12.6. The summed E-state index contributed by atoms with van der Waals surface area (Å²) in [5.74, 6) is -0.0589. The molecule has 0 bridgehead atoms. The number of amides is 3. The number of fused-ring (bicyclic) bond motifs is 2. The average molecular weight is 579 g/mol. The molecule has 0 saturated carbocycles. The number of aromatic amines is 1. The minimum atomic E-state index is -0.241. The van der Waals surface area contributed by atoms with Crippen LogP contribution >= 0.6 is 0 Å². The molecule has 0 unspecified atom stereocenters. The molecule has 2 aliphatic heterocycles. The van der Waals surface area contributed by atoms with Crippen LogP contribution in [-0.4, -0.2) is 75.5 Å². The maximum Gasteiger partial charge on any atom is 0.319 e. The Morgan fingerprint density at radius 1 is 1.05 bits per heavy atom. The molecular weight excluding hydrogens is 540 g/mol. The van der Waals surface area contributed by atoms with Gasteiger partial charge in [0.1, 0.15) is 12.0 Å². The zero-order valence-corrected chi connectivity index (χ0v) is 25.4. The number of anilines is 1. The van der Waals surface area contributed by atoms with Crippen LogP contribution in [-0.2, 0) is 18.4 Å². The number of rotatable bonds is 4. The number of carbonyl (C=O) groups is 2. The zero-order valence-electron chi connectivity index (χ0n) is 25.4. The number of nitrogens with one attached hydrogen (secondary N) is 1. The summed E-state index contributed by atoms with van der Waals surface area (Å²) in [6.45, 7) is 8.00. The van der Waals surface area contributed by atoms with Crippen molar-refractivity contribution in [3.05, 3.63) is 82.8 Å². The highest BCUT2D eigenvalue weighted by atomic mass is 16.3. The fourth-order valence-corrected chi connectivity index (χ4v) is 6.10. The highest BCUT2D eigenvalue weighted by Gasteiger charge is 2.29. The van der Waals surface area contributed by atoms with Gasteiger partial charge in [-0.05, 0) is 53.2 Å². The van der Waals surface area contributed by atoms with Crippen LogP contribution in [0.2, 0.25) is 0 Å². The van der Waals surface area contributed by atoms with Gasteiger partial charge >= 0.3 is 6.03 Å². The molecule has 4 aromatic rings. The van der Waals surface area contributed by atoms with Crippen molar-refractivity contribution in [3.63, 3.8) is 0 Å². The van der Waals surface area contributed by atoms with Gasteiger partial charge in [0.05, 0.1) is 18.0 Å². The normalized spacial score (nSPS) is 15.5. The Labute approximate surface area is 251 Å². The fourth-order valence-electron chi connectivity index (χ4n) is 6.10. The first kappa shape index (κ1) is 28.6. The van der Waals surface area contributed by atoms with Gasteiger partial charge in [0.15, 0.2) is 0 Å². The van der Waals surface area contributed by atoms with Crippen LogP contribution in [0.1, 0.15) is 59.9 Å². The van der Waals surface area contributed by atoms with E-state index in [-0.39, 0.29) is 24.0 Å². The maximum absolute atomic E-state index is 13.8. The van der Waals surface area contributed by atoms with E-state index >= 15 is 0 Å². The molecule has 2 N–H and O–H groups in total. The van der Waals surface area contributed by atoms with E-state index in [1.807, 2.05) is 41.3 Å². The van der Waals surface area contributed by atoms with Gasteiger partial charge in [-0.3, -0.25) is 4.79 Å². The predicted octanol–water partition coefficient (Wildman–Crippen LogP) is 5.39. The highest BCUT2D eigenvalue weighted by molar-refractivity contribution is 6.09. The Bertz CT molecular complexity index is 1760. The molecule has 0 radical (unpaired) electrons. The van der Waals surface area contributed by atoms with Gasteiger partial charge in [0, 0.05) is 61.5 Å². The van der Waals surface area contributed by atoms with E-state index in [1.165, 1.54) is 11.9 Å². The number of aliphatic hydroxyl groups is 1. The average Bonchev–Trinajstić information content (AvgIpc) is 3.45. The number of aromatic nitrogens is 3. The molecule has 3 amide bonds. The number of hydrogen-bond acceptors (Lipinski definition) is 5. The smallest absolute Gasteiger partial charge is 0.319 e. The van der Waals surface area contributed by atoms with Crippen LogP contribution in [0.4, 0.5) is 10.5 Å². The molecule has 0 atom stereocenters. The minimum absolute atomic E-state index is 0.00171. The molecule has 2 aliphatic rings. The fraction of sp³-hybridized carbons (Fsp3) is 0.353. The van der Waals surface area contributed by atoms with Crippen LogP contribution in [0, 0.1) is 0 Å². The van der Waals surface area contributed by atoms with Crippen LogP contribution in [0.5, 0.6) is 0 Å². The molecule has 4 heterocycles. The highest BCUT2D eigenvalue weighted by Crippen LogP contribution is 2.37. The van der Waals surface area contributed by atoms with E-state index < -0.39 is 0 Å². The molecule has 2 aromatic heterocycles. The molecule has 222 valence electrons. The largest absolute Gasteiger partial charge is 0.392 e. The first-order chi connectivity index (χ1) is 20.6. The van der Waals surface area contributed by atoms with Crippen molar-refractivity contribution in [2.24, 2.45) is 0 Å². The van der Waals surface area contributed by atoms with Gasteiger partial charge in [0.2, 0.25) is 0 Å². The SMILES string of the molecule is CN(C)C(=O)N1CC=C(c2cc3c(-c4cccc(N5CCc6cc(C(C)(C)C)ccc6C5=O)c4CO)ncnc3[nH]2)CC1. The van der Waals surface area contributed by atoms with Gasteiger partial charge in [-0.1, -0.05) is 51.1 Å². The first-order valence-corrected chi connectivity index (χ1v) is 14.7. The number of carbonyl (C=O) groups excluding carboxylic acids is 2. The number of nitrogens with zero attached hydrogens (tertiary/aromatic N) is 5. The third-order valence-corrected chi connectivity index (χ3v) is 8.54. The Hall–Kier alpha value is -4.50. The quantitative estimate of drug-likeness (QED) is 0.338. The maximum atomic E-state index is 13.8. The van der Waals surface area contributed by atoms with Gasteiger partial charge in [-0.2, -0.15) is 0 Å². The number of benzene rings is 2. The molecular formula is C34H38N6O3. The number of H-pyrrole nitrogens is 1. The van der Waals surface area contributed by atoms with Crippen molar-refractivity contribution in [3.8, 4) is 11.3 Å². The molecule has 43 heavy (non-hydrogen) atoms. The van der Waals surface area contributed by atoms with E-state index in [9.17, 15) is 14.7 Å². The first-order valence-electron chi connectivity index (χ1n) is 14.7. The van der Waals surface area contributed by atoms with Gasteiger partial charge in [-0.15, -0.1) is 0 Å². The molecule has 0 aliphatic carbocycles. The lowest BCUT2D eigenvalue weighted by Crippen LogP contribution is -2.41. The van der Waals surface area contributed by atoms with E-state index in [0.717, 1.165) is 40.6 Å². The van der Waals surface area contributed by atoms with E-state index in [0.29, 0.717) is 47.8 Å². The van der Waals surface area contributed by atoms with Gasteiger partial charge in [-0.25, -0.2) is 14.8 Å². The lowest BCUT2D eigenvalue weighted by Gasteiger charge is -2.32. The van der Waals surface area contributed by atoms with Crippen molar-refractivity contribution in [1.82, 2.24) is 24.8 Å². The molecule has 9 nitrogen and oxygen atoms in total. The lowest BCUT2D eigenvalue weighted by molar-refractivity contribution is 0.0980. The number of hydrogen-bond donors (Lipinski definition) is 2. The Kier molecular flexibility index (Phi) is 7.30. The molecule has 6 rings (SSSR count). The Balaban J connectivity index is 1.34. The van der Waals surface area contributed by atoms with Crippen LogP contribution < -0.4 is 4.90 Å². The number of aliphatic hydroxyl groups excluding tert-OH is 1. The van der Waals surface area contributed by atoms with Crippen LogP contribution in [0.15, 0.2) is 54.9 Å². The van der Waals surface area contributed by atoms with Crippen molar-refractivity contribution in [2.75, 3.05) is 38.6 Å². The summed E-state index contributed by atoms with van der Waals surface area (Å²) in [5, 5.41) is 11.5.